The number of benzene rings is 1. The lowest BCUT2D eigenvalue weighted by Gasteiger charge is -2.42. The highest BCUT2D eigenvalue weighted by Gasteiger charge is 2.47. The standard InChI is InChI=1S/C18H27F3OSi/c1-12(2)23(13(3)4,14(5)6)22-15(7)16-8-10-17(11-9-16)18(19,20)21/h8-14H,7H2,1-6H3. The SMILES string of the molecule is C=C(O[Si](C(C)C)(C(C)C)C(C)C)c1ccc(C(F)(F)F)cc1. The molecule has 0 aliphatic rings. The molecule has 0 heterocycles. The van der Waals surface area contributed by atoms with Gasteiger partial charge in [-0.3, -0.25) is 0 Å². The van der Waals surface area contributed by atoms with Gasteiger partial charge in [-0.15, -0.1) is 0 Å². The number of alkyl halides is 3. The van der Waals surface area contributed by atoms with Crippen LogP contribution in [0.5, 0.6) is 0 Å². The van der Waals surface area contributed by atoms with E-state index >= 15 is 0 Å². The molecule has 0 atom stereocenters. The van der Waals surface area contributed by atoms with Crippen molar-refractivity contribution in [2.45, 2.75) is 64.3 Å². The summed E-state index contributed by atoms with van der Waals surface area (Å²) >= 11 is 0. The zero-order chi connectivity index (χ0) is 18.0. The first-order chi connectivity index (χ1) is 10.4. The Labute approximate surface area is 138 Å². The summed E-state index contributed by atoms with van der Waals surface area (Å²) in [5.41, 5.74) is 1.10. The van der Waals surface area contributed by atoms with Crippen LogP contribution in [0.2, 0.25) is 16.6 Å². The highest BCUT2D eigenvalue weighted by molar-refractivity contribution is 6.78. The smallest absolute Gasteiger partial charge is 0.416 e. The van der Waals surface area contributed by atoms with Crippen LogP contribution in [-0.2, 0) is 10.6 Å². The summed E-state index contributed by atoms with van der Waals surface area (Å²) in [5.74, 6) is 0.474. The van der Waals surface area contributed by atoms with Crippen molar-refractivity contribution < 1.29 is 17.6 Å². The third-order valence-electron chi connectivity index (χ3n) is 4.54. The van der Waals surface area contributed by atoms with E-state index in [1.165, 1.54) is 12.1 Å². The molecule has 0 radical (unpaired) electrons. The highest BCUT2D eigenvalue weighted by Crippen LogP contribution is 2.44. The van der Waals surface area contributed by atoms with Crippen LogP contribution in [0.15, 0.2) is 30.8 Å². The molecule has 0 aliphatic carbocycles. The van der Waals surface area contributed by atoms with Crippen molar-refractivity contribution in [3.63, 3.8) is 0 Å². The average molecular weight is 344 g/mol. The van der Waals surface area contributed by atoms with E-state index in [2.05, 4.69) is 48.1 Å². The normalized spacial score (nSPS) is 13.0. The molecule has 0 spiro atoms. The lowest BCUT2D eigenvalue weighted by Crippen LogP contribution is -2.47. The second kappa shape index (κ2) is 7.12. The fraction of sp³-hybridized carbons (Fsp3) is 0.556. The maximum absolute atomic E-state index is 12.7. The molecule has 0 N–H and O–H groups in total. The Bertz CT molecular complexity index is 508. The molecule has 0 aliphatic heterocycles. The quantitative estimate of drug-likeness (QED) is 0.404. The van der Waals surface area contributed by atoms with Gasteiger partial charge in [0, 0.05) is 5.56 Å². The molecule has 5 heteroatoms. The zero-order valence-electron chi connectivity index (χ0n) is 14.8. The first-order valence-corrected chi connectivity index (χ1v) is 10.1. The summed E-state index contributed by atoms with van der Waals surface area (Å²) in [6, 6.07) is 5.02. The summed E-state index contributed by atoms with van der Waals surface area (Å²) in [5, 5.41) is 0. The third-order valence-corrected chi connectivity index (χ3v) is 10.6. The van der Waals surface area contributed by atoms with Crippen LogP contribution >= 0.6 is 0 Å². The second-order valence-electron chi connectivity index (χ2n) is 6.92. The van der Waals surface area contributed by atoms with Crippen LogP contribution in [0.3, 0.4) is 0 Å². The molecule has 0 aromatic heterocycles. The maximum Gasteiger partial charge on any atom is 0.416 e. The van der Waals surface area contributed by atoms with E-state index in [4.69, 9.17) is 4.43 Å². The molecule has 130 valence electrons. The fourth-order valence-electron chi connectivity index (χ4n) is 3.47. The van der Waals surface area contributed by atoms with E-state index < -0.39 is 20.1 Å². The van der Waals surface area contributed by atoms with Crippen LogP contribution in [0.1, 0.15) is 52.7 Å². The minimum atomic E-state index is -4.33. The Morgan fingerprint density at radius 2 is 1.30 bits per heavy atom. The van der Waals surface area contributed by atoms with Crippen LogP contribution < -0.4 is 0 Å². The number of hydrogen-bond donors (Lipinski definition) is 0. The first-order valence-electron chi connectivity index (χ1n) is 7.98. The van der Waals surface area contributed by atoms with E-state index in [0.29, 0.717) is 27.9 Å². The summed E-state index contributed by atoms with van der Waals surface area (Å²) < 4.78 is 44.4. The molecule has 0 amide bonds. The molecule has 23 heavy (non-hydrogen) atoms. The summed E-state index contributed by atoms with van der Waals surface area (Å²) in [4.78, 5) is 0. The molecular formula is C18H27F3OSi. The van der Waals surface area contributed by atoms with Gasteiger partial charge in [-0.05, 0) is 28.8 Å². The molecule has 0 unspecified atom stereocenters. The molecule has 0 fully saturated rings. The van der Waals surface area contributed by atoms with E-state index in [0.717, 1.165) is 12.1 Å². The van der Waals surface area contributed by atoms with Crippen molar-refractivity contribution >= 4 is 14.1 Å². The van der Waals surface area contributed by atoms with Crippen LogP contribution in [0.4, 0.5) is 13.2 Å². The lowest BCUT2D eigenvalue weighted by molar-refractivity contribution is -0.137. The topological polar surface area (TPSA) is 9.23 Å². The van der Waals surface area contributed by atoms with Crippen LogP contribution in [0.25, 0.3) is 5.76 Å². The zero-order valence-corrected chi connectivity index (χ0v) is 15.8. The van der Waals surface area contributed by atoms with Gasteiger partial charge in [0.25, 0.3) is 8.32 Å². The molecule has 1 aromatic carbocycles. The predicted molar refractivity (Wildman–Crippen MR) is 92.6 cm³/mol. The molecule has 1 nitrogen and oxygen atoms in total. The molecule has 1 rings (SSSR count). The van der Waals surface area contributed by atoms with E-state index in [1.54, 1.807) is 0 Å². The summed E-state index contributed by atoms with van der Waals surface area (Å²) in [6.07, 6.45) is -4.33. The van der Waals surface area contributed by atoms with Gasteiger partial charge in [-0.25, -0.2) is 0 Å². The third kappa shape index (κ3) is 4.19. The van der Waals surface area contributed by atoms with Gasteiger partial charge in [-0.1, -0.05) is 60.3 Å². The summed E-state index contributed by atoms with van der Waals surface area (Å²) in [6.45, 7) is 16.9. The van der Waals surface area contributed by atoms with Gasteiger partial charge >= 0.3 is 6.18 Å². The molecule has 1 aromatic rings. The Morgan fingerprint density at radius 1 is 0.913 bits per heavy atom. The first kappa shape index (κ1) is 19.8. The van der Waals surface area contributed by atoms with Crippen molar-refractivity contribution in [2.75, 3.05) is 0 Å². The Hall–Kier alpha value is -1.23. The maximum atomic E-state index is 12.7. The number of halogens is 3. The highest BCUT2D eigenvalue weighted by atomic mass is 28.4. The minimum Gasteiger partial charge on any atom is -0.543 e. The minimum absolute atomic E-state index is 0.383. The largest absolute Gasteiger partial charge is 0.543 e. The van der Waals surface area contributed by atoms with Gasteiger partial charge in [0.2, 0.25) is 0 Å². The Balaban J connectivity index is 3.09. The van der Waals surface area contributed by atoms with Gasteiger partial charge < -0.3 is 4.43 Å². The monoisotopic (exact) mass is 344 g/mol. The van der Waals surface area contributed by atoms with Crippen molar-refractivity contribution in [1.82, 2.24) is 0 Å². The lowest BCUT2D eigenvalue weighted by atomic mass is 10.1. The van der Waals surface area contributed by atoms with Crippen molar-refractivity contribution in [3.8, 4) is 0 Å². The van der Waals surface area contributed by atoms with Gasteiger partial charge in [0.15, 0.2) is 0 Å². The molecule has 0 saturated heterocycles. The van der Waals surface area contributed by atoms with E-state index in [-0.39, 0.29) is 0 Å². The molecular weight excluding hydrogens is 317 g/mol. The van der Waals surface area contributed by atoms with Crippen molar-refractivity contribution in [3.05, 3.63) is 42.0 Å². The van der Waals surface area contributed by atoms with Crippen LogP contribution in [-0.4, -0.2) is 8.32 Å². The van der Waals surface area contributed by atoms with Gasteiger partial charge in [-0.2, -0.15) is 13.2 Å². The predicted octanol–water partition coefficient (Wildman–Crippen LogP) is 6.87. The van der Waals surface area contributed by atoms with Gasteiger partial charge in [0.1, 0.15) is 5.76 Å². The molecule has 0 saturated carbocycles. The van der Waals surface area contributed by atoms with Crippen LogP contribution in [0, 0.1) is 0 Å². The average Bonchev–Trinajstić information content (AvgIpc) is 2.42. The molecule has 0 bridgehead atoms. The van der Waals surface area contributed by atoms with E-state index in [9.17, 15) is 13.2 Å². The second-order valence-corrected chi connectivity index (χ2v) is 12.3. The number of hydrogen-bond acceptors (Lipinski definition) is 1. The van der Waals surface area contributed by atoms with E-state index in [1.807, 2.05) is 0 Å². The van der Waals surface area contributed by atoms with Crippen molar-refractivity contribution in [2.24, 2.45) is 0 Å². The Morgan fingerprint density at radius 3 is 1.61 bits per heavy atom. The van der Waals surface area contributed by atoms with Crippen molar-refractivity contribution in [1.29, 1.82) is 0 Å². The van der Waals surface area contributed by atoms with Gasteiger partial charge in [0.05, 0.1) is 5.56 Å². The fourth-order valence-corrected chi connectivity index (χ4v) is 8.72. The Kier molecular flexibility index (Phi) is 6.13. The number of rotatable bonds is 6. The summed E-state index contributed by atoms with van der Waals surface area (Å²) in [7, 11) is -2.15.